The van der Waals surface area contributed by atoms with Gasteiger partial charge in [-0.25, -0.2) is 4.39 Å². The van der Waals surface area contributed by atoms with Crippen molar-refractivity contribution in [1.29, 1.82) is 0 Å². The molecule has 0 aliphatic carbocycles. The molecular weight excluding hydrogens is 281 g/mol. The van der Waals surface area contributed by atoms with Crippen molar-refractivity contribution < 1.29 is 4.39 Å². The summed E-state index contributed by atoms with van der Waals surface area (Å²) in [6.45, 7) is 2.74. The molecule has 0 radical (unpaired) electrons. The van der Waals surface area contributed by atoms with E-state index >= 15 is 0 Å². The van der Waals surface area contributed by atoms with E-state index in [1.165, 1.54) is 17.7 Å². The second kappa shape index (κ2) is 5.32. The number of hydrogen-bond acceptors (Lipinski definition) is 1. The summed E-state index contributed by atoms with van der Waals surface area (Å²) in [4.78, 5) is 0. The van der Waals surface area contributed by atoms with E-state index in [9.17, 15) is 4.39 Å². The molecule has 0 unspecified atom stereocenters. The SMILES string of the molecule is Cc1cc(Br)cc(NCc2ccc(F)cc2)c1. The Morgan fingerprint density at radius 2 is 1.82 bits per heavy atom. The Morgan fingerprint density at radius 1 is 1.12 bits per heavy atom. The first kappa shape index (κ1) is 12.1. The smallest absolute Gasteiger partial charge is 0.123 e. The van der Waals surface area contributed by atoms with Gasteiger partial charge in [-0.15, -0.1) is 0 Å². The van der Waals surface area contributed by atoms with Gasteiger partial charge >= 0.3 is 0 Å². The molecule has 2 aromatic carbocycles. The summed E-state index contributed by atoms with van der Waals surface area (Å²) in [7, 11) is 0. The van der Waals surface area contributed by atoms with Gasteiger partial charge in [-0.05, 0) is 48.4 Å². The fourth-order valence-electron chi connectivity index (χ4n) is 1.64. The average molecular weight is 294 g/mol. The maximum atomic E-state index is 12.7. The zero-order valence-corrected chi connectivity index (χ0v) is 11.1. The molecule has 0 amide bonds. The van der Waals surface area contributed by atoms with Crippen LogP contribution < -0.4 is 5.32 Å². The number of halogens is 2. The van der Waals surface area contributed by atoms with Crippen LogP contribution in [0.5, 0.6) is 0 Å². The molecule has 0 bridgehead atoms. The average Bonchev–Trinajstić information content (AvgIpc) is 2.27. The molecule has 0 heterocycles. The highest BCUT2D eigenvalue weighted by Gasteiger charge is 1.97. The number of hydrogen-bond donors (Lipinski definition) is 1. The zero-order valence-electron chi connectivity index (χ0n) is 9.50. The Morgan fingerprint density at radius 3 is 2.47 bits per heavy atom. The largest absolute Gasteiger partial charge is 0.381 e. The third-order valence-corrected chi connectivity index (χ3v) is 2.91. The summed E-state index contributed by atoms with van der Waals surface area (Å²) in [5.41, 5.74) is 3.31. The number of rotatable bonds is 3. The van der Waals surface area contributed by atoms with Crippen LogP contribution in [-0.4, -0.2) is 0 Å². The molecule has 3 heteroatoms. The maximum Gasteiger partial charge on any atom is 0.123 e. The third-order valence-electron chi connectivity index (χ3n) is 2.45. The fraction of sp³-hybridized carbons (Fsp3) is 0.143. The first-order valence-corrected chi connectivity index (χ1v) is 6.18. The van der Waals surface area contributed by atoms with Crippen LogP contribution in [0.15, 0.2) is 46.9 Å². The van der Waals surface area contributed by atoms with Crippen LogP contribution in [0, 0.1) is 12.7 Å². The molecular formula is C14H13BrFN. The summed E-state index contributed by atoms with van der Waals surface area (Å²) in [6, 6.07) is 12.7. The van der Waals surface area contributed by atoms with Crippen LogP contribution in [-0.2, 0) is 6.54 Å². The monoisotopic (exact) mass is 293 g/mol. The molecule has 2 aromatic rings. The highest BCUT2D eigenvalue weighted by Crippen LogP contribution is 2.19. The van der Waals surface area contributed by atoms with E-state index in [1.807, 2.05) is 13.0 Å². The van der Waals surface area contributed by atoms with Gasteiger partial charge < -0.3 is 5.32 Å². The molecule has 1 N–H and O–H groups in total. The quantitative estimate of drug-likeness (QED) is 0.878. The normalized spacial score (nSPS) is 10.3. The lowest BCUT2D eigenvalue weighted by atomic mass is 10.2. The molecule has 0 aromatic heterocycles. The predicted octanol–water partition coefficient (Wildman–Crippen LogP) is 4.51. The van der Waals surface area contributed by atoms with Gasteiger partial charge in [0.2, 0.25) is 0 Å². The first-order chi connectivity index (χ1) is 8.13. The Kier molecular flexibility index (Phi) is 3.79. The van der Waals surface area contributed by atoms with Crippen LogP contribution in [0.4, 0.5) is 10.1 Å². The van der Waals surface area contributed by atoms with Crippen molar-refractivity contribution >= 4 is 21.6 Å². The summed E-state index contributed by atoms with van der Waals surface area (Å²) >= 11 is 3.46. The molecule has 0 aliphatic heterocycles. The van der Waals surface area contributed by atoms with E-state index in [1.54, 1.807) is 12.1 Å². The maximum absolute atomic E-state index is 12.7. The van der Waals surface area contributed by atoms with Crippen molar-refractivity contribution in [3.05, 3.63) is 63.9 Å². The van der Waals surface area contributed by atoms with Gasteiger partial charge in [0.1, 0.15) is 5.82 Å². The molecule has 1 nitrogen and oxygen atoms in total. The lowest BCUT2D eigenvalue weighted by Gasteiger charge is -2.08. The zero-order chi connectivity index (χ0) is 12.3. The lowest BCUT2D eigenvalue weighted by Crippen LogP contribution is -1.99. The van der Waals surface area contributed by atoms with Crippen molar-refractivity contribution in [2.45, 2.75) is 13.5 Å². The second-order valence-electron chi connectivity index (χ2n) is 4.00. The summed E-state index contributed by atoms with van der Waals surface area (Å²) in [6.07, 6.45) is 0. The first-order valence-electron chi connectivity index (χ1n) is 5.39. The standard InChI is InChI=1S/C14H13BrFN/c1-10-6-12(15)8-14(7-10)17-9-11-2-4-13(16)5-3-11/h2-8,17H,9H2,1H3. The van der Waals surface area contributed by atoms with E-state index < -0.39 is 0 Å². The number of anilines is 1. The number of aryl methyl sites for hydroxylation is 1. The predicted molar refractivity (Wildman–Crippen MR) is 72.6 cm³/mol. The van der Waals surface area contributed by atoms with Gasteiger partial charge in [0.15, 0.2) is 0 Å². The minimum atomic E-state index is -0.202. The topological polar surface area (TPSA) is 12.0 Å². The van der Waals surface area contributed by atoms with Crippen LogP contribution in [0.25, 0.3) is 0 Å². The minimum Gasteiger partial charge on any atom is -0.381 e. The number of nitrogens with one attached hydrogen (secondary N) is 1. The summed E-state index contributed by atoms with van der Waals surface area (Å²) < 4.78 is 13.8. The Balaban J connectivity index is 2.04. The highest BCUT2D eigenvalue weighted by atomic mass is 79.9. The van der Waals surface area contributed by atoms with Crippen molar-refractivity contribution in [2.75, 3.05) is 5.32 Å². The molecule has 0 atom stereocenters. The Labute approximate surface area is 109 Å². The van der Waals surface area contributed by atoms with E-state index in [0.717, 1.165) is 15.7 Å². The van der Waals surface area contributed by atoms with Crippen molar-refractivity contribution in [1.82, 2.24) is 0 Å². The Bertz CT molecular complexity index is 488. The molecule has 0 fully saturated rings. The van der Waals surface area contributed by atoms with E-state index in [4.69, 9.17) is 0 Å². The van der Waals surface area contributed by atoms with E-state index in [0.29, 0.717) is 6.54 Å². The highest BCUT2D eigenvalue weighted by molar-refractivity contribution is 9.10. The fourth-order valence-corrected chi connectivity index (χ4v) is 2.25. The second-order valence-corrected chi connectivity index (χ2v) is 4.91. The van der Waals surface area contributed by atoms with E-state index in [-0.39, 0.29) is 5.82 Å². The van der Waals surface area contributed by atoms with Crippen LogP contribution in [0.2, 0.25) is 0 Å². The third kappa shape index (κ3) is 3.56. The van der Waals surface area contributed by atoms with Gasteiger partial charge in [0, 0.05) is 16.7 Å². The molecule has 0 aliphatic rings. The van der Waals surface area contributed by atoms with E-state index in [2.05, 4.69) is 33.4 Å². The van der Waals surface area contributed by atoms with Crippen LogP contribution in [0.3, 0.4) is 0 Å². The summed E-state index contributed by atoms with van der Waals surface area (Å²) in [5.74, 6) is -0.202. The van der Waals surface area contributed by atoms with Gasteiger partial charge in [-0.3, -0.25) is 0 Å². The molecule has 88 valence electrons. The summed E-state index contributed by atoms with van der Waals surface area (Å²) in [5, 5.41) is 3.31. The lowest BCUT2D eigenvalue weighted by molar-refractivity contribution is 0.627. The Hall–Kier alpha value is -1.35. The van der Waals surface area contributed by atoms with Gasteiger partial charge in [-0.1, -0.05) is 28.1 Å². The van der Waals surface area contributed by atoms with Gasteiger partial charge in [-0.2, -0.15) is 0 Å². The van der Waals surface area contributed by atoms with Gasteiger partial charge in [0.25, 0.3) is 0 Å². The number of benzene rings is 2. The molecule has 2 rings (SSSR count). The van der Waals surface area contributed by atoms with Gasteiger partial charge in [0.05, 0.1) is 0 Å². The van der Waals surface area contributed by atoms with Crippen molar-refractivity contribution in [2.24, 2.45) is 0 Å². The van der Waals surface area contributed by atoms with Crippen molar-refractivity contribution in [3.63, 3.8) is 0 Å². The molecule has 0 spiro atoms. The van der Waals surface area contributed by atoms with Crippen LogP contribution in [0.1, 0.15) is 11.1 Å². The van der Waals surface area contributed by atoms with Crippen molar-refractivity contribution in [3.8, 4) is 0 Å². The molecule has 0 saturated carbocycles. The van der Waals surface area contributed by atoms with Crippen LogP contribution >= 0.6 is 15.9 Å². The molecule has 0 saturated heterocycles. The minimum absolute atomic E-state index is 0.202. The molecule has 17 heavy (non-hydrogen) atoms.